The highest BCUT2D eigenvalue weighted by Crippen LogP contribution is 2.23. The second-order valence-electron chi connectivity index (χ2n) is 6.74. The number of benzene rings is 3. The molecule has 0 aliphatic carbocycles. The lowest BCUT2D eigenvalue weighted by atomic mass is 10.0. The highest BCUT2D eigenvalue weighted by Gasteiger charge is 2.15. The fraction of sp³-hybridized carbons (Fsp3) is 0.208. The van der Waals surface area contributed by atoms with Gasteiger partial charge in [-0.25, -0.2) is 0 Å². The van der Waals surface area contributed by atoms with Gasteiger partial charge in [-0.3, -0.25) is 4.79 Å². The van der Waals surface area contributed by atoms with Gasteiger partial charge in [0.25, 0.3) is 0 Å². The van der Waals surface area contributed by atoms with E-state index in [1.807, 2.05) is 59.5 Å². The van der Waals surface area contributed by atoms with Crippen LogP contribution < -0.4 is 10.6 Å². The van der Waals surface area contributed by atoms with Crippen LogP contribution in [0.4, 0.5) is 11.4 Å². The number of nitrogen functional groups attached to an aromatic ring is 1. The number of hydrogen-bond acceptors (Lipinski definition) is 2. The summed E-state index contributed by atoms with van der Waals surface area (Å²) in [6.07, 6.45) is 2.51. The summed E-state index contributed by atoms with van der Waals surface area (Å²) in [5.41, 5.74) is 10.9. The van der Waals surface area contributed by atoms with Crippen molar-refractivity contribution < 1.29 is 4.79 Å². The molecule has 3 nitrogen and oxygen atoms in total. The van der Waals surface area contributed by atoms with Crippen molar-refractivity contribution in [3.05, 3.63) is 84.4 Å². The van der Waals surface area contributed by atoms with Gasteiger partial charge in [0.05, 0.1) is 6.54 Å². The van der Waals surface area contributed by atoms with Crippen LogP contribution in [0.2, 0.25) is 0 Å². The molecule has 1 amide bonds. The van der Waals surface area contributed by atoms with Gasteiger partial charge in [-0.05, 0) is 47.4 Å². The van der Waals surface area contributed by atoms with E-state index in [9.17, 15) is 4.79 Å². The first-order chi connectivity index (χ1) is 13.2. The second-order valence-corrected chi connectivity index (χ2v) is 6.74. The zero-order valence-corrected chi connectivity index (χ0v) is 15.8. The quantitative estimate of drug-likeness (QED) is 0.554. The van der Waals surface area contributed by atoms with Crippen LogP contribution in [0.25, 0.3) is 11.1 Å². The lowest BCUT2D eigenvalue weighted by Crippen LogP contribution is -2.30. The molecule has 3 aromatic carbocycles. The van der Waals surface area contributed by atoms with Crippen LogP contribution in [0, 0.1) is 0 Å². The molecule has 0 unspecified atom stereocenters. The molecule has 3 rings (SSSR count). The van der Waals surface area contributed by atoms with E-state index >= 15 is 0 Å². The number of unbranched alkanes of at least 4 members (excludes halogenated alkanes) is 1. The average Bonchev–Trinajstić information content (AvgIpc) is 2.72. The third-order valence-corrected chi connectivity index (χ3v) is 4.65. The predicted octanol–water partition coefficient (Wildman–Crippen LogP) is 5.66. The lowest BCUT2D eigenvalue weighted by Gasteiger charge is -2.23. The average molecular weight is 358 g/mol. The Morgan fingerprint density at radius 1 is 0.852 bits per heavy atom. The molecule has 0 fully saturated rings. The van der Waals surface area contributed by atoms with Crippen molar-refractivity contribution >= 4 is 17.3 Å². The van der Waals surface area contributed by atoms with E-state index in [0.29, 0.717) is 13.0 Å². The Hall–Kier alpha value is -3.07. The van der Waals surface area contributed by atoms with Crippen molar-refractivity contribution in [2.24, 2.45) is 0 Å². The fourth-order valence-corrected chi connectivity index (χ4v) is 3.06. The minimum Gasteiger partial charge on any atom is -0.399 e. The van der Waals surface area contributed by atoms with Gasteiger partial charge in [-0.15, -0.1) is 0 Å². The summed E-state index contributed by atoms with van der Waals surface area (Å²) in [7, 11) is 0. The number of nitrogens with zero attached hydrogens (tertiary/aromatic N) is 1. The monoisotopic (exact) mass is 358 g/mol. The van der Waals surface area contributed by atoms with E-state index in [1.54, 1.807) is 0 Å². The second kappa shape index (κ2) is 9.04. The maximum Gasteiger partial charge on any atom is 0.227 e. The van der Waals surface area contributed by atoms with E-state index < -0.39 is 0 Å². The smallest absolute Gasteiger partial charge is 0.227 e. The van der Waals surface area contributed by atoms with Crippen LogP contribution in [0.5, 0.6) is 0 Å². The molecule has 0 saturated heterocycles. The lowest BCUT2D eigenvalue weighted by molar-refractivity contribution is -0.118. The predicted molar refractivity (Wildman–Crippen MR) is 113 cm³/mol. The number of carbonyl (C=O) groups is 1. The number of amides is 1. The molecule has 0 atom stereocenters. The Kier molecular flexibility index (Phi) is 6.26. The molecule has 0 saturated carbocycles. The topological polar surface area (TPSA) is 46.3 Å². The summed E-state index contributed by atoms with van der Waals surface area (Å²) in [5, 5.41) is 0. The van der Waals surface area contributed by atoms with Crippen molar-refractivity contribution in [2.45, 2.75) is 32.7 Å². The molecule has 0 bridgehead atoms. The number of rotatable bonds is 7. The summed E-state index contributed by atoms with van der Waals surface area (Å²) >= 11 is 0. The van der Waals surface area contributed by atoms with Crippen LogP contribution >= 0.6 is 0 Å². The number of carbonyl (C=O) groups excluding carboxylic acids is 1. The maximum atomic E-state index is 12.7. The number of hydrogen-bond donors (Lipinski definition) is 1. The van der Waals surface area contributed by atoms with E-state index in [0.717, 1.165) is 40.9 Å². The normalized spacial score (nSPS) is 10.6. The zero-order valence-electron chi connectivity index (χ0n) is 15.8. The highest BCUT2D eigenvalue weighted by atomic mass is 16.2. The standard InChI is InChI=1S/C24H26N2O/c1-2-3-9-24(27)26(23-7-5-4-6-8-23)18-19-10-12-20(13-11-19)21-14-16-22(25)17-15-21/h4-8,10-17H,2-3,9,18,25H2,1H3. The molecule has 0 aliphatic heterocycles. The molecule has 0 aromatic heterocycles. The van der Waals surface area contributed by atoms with Crippen molar-refractivity contribution in [2.75, 3.05) is 10.6 Å². The molecular formula is C24H26N2O. The fourth-order valence-electron chi connectivity index (χ4n) is 3.06. The summed E-state index contributed by atoms with van der Waals surface area (Å²) < 4.78 is 0. The van der Waals surface area contributed by atoms with Gasteiger partial charge < -0.3 is 10.6 Å². The van der Waals surface area contributed by atoms with Crippen molar-refractivity contribution in [3.63, 3.8) is 0 Å². The van der Waals surface area contributed by atoms with Gasteiger partial charge in [-0.1, -0.05) is 67.9 Å². The summed E-state index contributed by atoms with van der Waals surface area (Å²) in [6, 6.07) is 26.1. The van der Waals surface area contributed by atoms with Crippen LogP contribution in [0.1, 0.15) is 31.7 Å². The molecule has 0 spiro atoms. The molecular weight excluding hydrogens is 332 g/mol. The van der Waals surface area contributed by atoms with Crippen molar-refractivity contribution in [1.29, 1.82) is 0 Å². The Morgan fingerprint density at radius 3 is 2.04 bits per heavy atom. The Bertz CT molecular complexity index is 855. The highest BCUT2D eigenvalue weighted by molar-refractivity contribution is 5.93. The van der Waals surface area contributed by atoms with E-state index in [4.69, 9.17) is 5.73 Å². The largest absolute Gasteiger partial charge is 0.399 e. The Morgan fingerprint density at radius 2 is 1.44 bits per heavy atom. The van der Waals surface area contributed by atoms with Gasteiger partial charge in [0.2, 0.25) is 5.91 Å². The van der Waals surface area contributed by atoms with E-state index in [-0.39, 0.29) is 5.91 Å². The molecule has 3 aromatic rings. The maximum absolute atomic E-state index is 12.7. The third-order valence-electron chi connectivity index (χ3n) is 4.65. The summed E-state index contributed by atoms with van der Waals surface area (Å²) in [5.74, 6) is 0.172. The SMILES string of the molecule is CCCCC(=O)N(Cc1ccc(-c2ccc(N)cc2)cc1)c1ccccc1. The molecule has 0 heterocycles. The first kappa shape index (κ1) is 18.7. The van der Waals surface area contributed by atoms with Crippen LogP contribution in [0.3, 0.4) is 0 Å². The first-order valence-electron chi connectivity index (χ1n) is 9.47. The Balaban J connectivity index is 1.79. The minimum atomic E-state index is 0.172. The molecule has 27 heavy (non-hydrogen) atoms. The van der Waals surface area contributed by atoms with Crippen LogP contribution in [-0.2, 0) is 11.3 Å². The van der Waals surface area contributed by atoms with Crippen molar-refractivity contribution in [1.82, 2.24) is 0 Å². The van der Waals surface area contributed by atoms with Gasteiger partial charge in [0.1, 0.15) is 0 Å². The molecule has 138 valence electrons. The van der Waals surface area contributed by atoms with Crippen LogP contribution in [-0.4, -0.2) is 5.91 Å². The van der Waals surface area contributed by atoms with Gasteiger partial charge >= 0.3 is 0 Å². The molecule has 3 heteroatoms. The number of anilines is 2. The molecule has 2 N–H and O–H groups in total. The van der Waals surface area contributed by atoms with Gasteiger partial charge in [-0.2, -0.15) is 0 Å². The van der Waals surface area contributed by atoms with Gasteiger partial charge in [0.15, 0.2) is 0 Å². The van der Waals surface area contributed by atoms with E-state index in [1.165, 1.54) is 0 Å². The van der Waals surface area contributed by atoms with Gasteiger partial charge in [0, 0.05) is 17.8 Å². The van der Waals surface area contributed by atoms with Crippen LogP contribution in [0.15, 0.2) is 78.9 Å². The Labute approximate surface area is 161 Å². The molecule has 0 radical (unpaired) electrons. The third kappa shape index (κ3) is 4.98. The zero-order chi connectivity index (χ0) is 19.1. The minimum absolute atomic E-state index is 0.172. The summed E-state index contributed by atoms with van der Waals surface area (Å²) in [4.78, 5) is 14.6. The van der Waals surface area contributed by atoms with Crippen molar-refractivity contribution in [3.8, 4) is 11.1 Å². The summed E-state index contributed by atoms with van der Waals surface area (Å²) in [6.45, 7) is 2.69. The number of nitrogens with two attached hydrogens (primary N) is 1. The first-order valence-corrected chi connectivity index (χ1v) is 9.47. The number of para-hydroxylation sites is 1. The molecule has 0 aliphatic rings. The van der Waals surface area contributed by atoms with E-state index in [2.05, 4.69) is 31.2 Å².